The van der Waals surface area contributed by atoms with Crippen molar-refractivity contribution in [2.45, 2.75) is 153 Å². The van der Waals surface area contributed by atoms with E-state index in [0.29, 0.717) is 35.5 Å². The molecule has 0 bridgehead atoms. The predicted octanol–water partition coefficient (Wildman–Crippen LogP) is 24.3. The Morgan fingerprint density at radius 3 is 0.992 bits per heavy atom. The Hall–Kier alpha value is -12.2. The quantitative estimate of drug-likeness (QED) is 0.0815. The molecule has 596 valence electrons. The minimum atomic E-state index is 0.394. The molecule has 0 atom stereocenters. The van der Waals surface area contributed by atoms with E-state index in [1.54, 1.807) is 0 Å². The number of fused-ring (bicyclic) bond motifs is 2. The molecule has 9 nitrogen and oxygen atoms in total. The minimum absolute atomic E-state index is 0.394. The largest absolute Gasteiger partial charge is 0.295 e. The molecule has 0 aliphatic rings. The molecule has 0 unspecified atom stereocenters. The van der Waals surface area contributed by atoms with Crippen molar-refractivity contribution in [2.24, 2.45) is 42.3 Å². The summed E-state index contributed by atoms with van der Waals surface area (Å²) in [5, 5.41) is 1.25. The predicted molar refractivity (Wildman–Crippen MR) is 491 cm³/mol. The van der Waals surface area contributed by atoms with Gasteiger partial charge in [-0.1, -0.05) is 241 Å². The van der Waals surface area contributed by atoms with Crippen molar-refractivity contribution in [3.05, 3.63) is 341 Å². The van der Waals surface area contributed by atoms with Gasteiger partial charge in [0.15, 0.2) is 23.4 Å². The lowest BCUT2D eigenvalue weighted by Crippen LogP contribution is -2.32. The summed E-state index contributed by atoms with van der Waals surface area (Å²) in [4.78, 5) is 0. The van der Waals surface area contributed by atoms with Crippen LogP contribution in [0.25, 0.3) is 129 Å². The van der Waals surface area contributed by atoms with Crippen LogP contribution >= 0.6 is 0 Å². The first-order valence-electron chi connectivity index (χ1n) is 42.5. The lowest BCUT2D eigenvalue weighted by Gasteiger charge is -2.19. The van der Waals surface area contributed by atoms with Gasteiger partial charge in [-0.15, -0.1) is 0 Å². The maximum atomic E-state index is 2.54. The minimum Gasteiger partial charge on any atom is -0.232 e. The average Bonchev–Trinajstić information content (AvgIpc) is 1.54. The van der Waals surface area contributed by atoms with Gasteiger partial charge in [0.2, 0.25) is 22.6 Å². The van der Waals surface area contributed by atoms with Crippen LogP contribution in [0.4, 0.5) is 0 Å². The molecule has 9 heteroatoms. The molecule has 6 heterocycles. The molecule has 0 aliphatic heterocycles. The van der Waals surface area contributed by atoms with Gasteiger partial charge in [-0.2, -0.15) is 18.3 Å². The normalized spacial score (nSPS) is 11.6. The van der Waals surface area contributed by atoms with Crippen molar-refractivity contribution >= 4 is 21.9 Å². The maximum Gasteiger partial charge on any atom is 0.295 e. The third kappa shape index (κ3) is 15.6. The number of aromatic nitrogens is 9. The van der Waals surface area contributed by atoms with Crippen molar-refractivity contribution in [2.75, 3.05) is 0 Å². The fourth-order valence-electron chi connectivity index (χ4n) is 18.1. The highest BCUT2D eigenvalue weighted by atomic mass is 15.2. The van der Waals surface area contributed by atoms with Crippen molar-refractivity contribution in [3.63, 3.8) is 0 Å². The highest BCUT2D eigenvalue weighted by molar-refractivity contribution is 5.85. The van der Waals surface area contributed by atoms with E-state index in [1.807, 2.05) is 0 Å². The van der Waals surface area contributed by atoms with Gasteiger partial charge in [-0.3, -0.25) is 0 Å². The second-order valence-corrected chi connectivity index (χ2v) is 34.4. The van der Waals surface area contributed by atoms with Gasteiger partial charge >= 0.3 is 0 Å². The summed E-state index contributed by atoms with van der Waals surface area (Å²) >= 11 is 0. The number of para-hydroxylation sites is 6. The Kier molecular flexibility index (Phi) is 24.1. The lowest BCUT2D eigenvalue weighted by atomic mass is 9.92. The van der Waals surface area contributed by atoms with Crippen LogP contribution in [0, 0.1) is 34.6 Å². The second kappa shape index (κ2) is 34.5. The van der Waals surface area contributed by atoms with Crippen LogP contribution in [0.3, 0.4) is 0 Å². The highest BCUT2D eigenvalue weighted by Gasteiger charge is 2.35. The number of rotatable bonds is 17. The summed E-state index contributed by atoms with van der Waals surface area (Å²) in [5.41, 5.74) is 38.5. The maximum absolute atomic E-state index is 2.54. The molecule has 0 amide bonds. The van der Waals surface area contributed by atoms with Gasteiger partial charge in [0.05, 0.1) is 37.8 Å². The SMILES string of the molecule is Cc1c(-c2n(-c3c(C(C)C)cccc3C(C)C)cc[n+]2C)cccc1-c1ccc2ccccc2[n+]1C.Cc1cc(-c2cccc(-c3n(-c4c(C(C)C)cccc4C(C)C)c4ccccc4[n+]3C)c2C)[n+](C)cc1-c1ccccc1.Cc1cc(-c2cccc(-c3n(-c4c(C(C)C)cccc4C(C)C)cc[n+]3C)c2C)[n+](C)cc1-c1ccccc1. The topological polar surface area (TPSA) is 38.1 Å². The number of imidazole rings is 3. The fourth-order valence-corrected chi connectivity index (χ4v) is 18.1. The zero-order chi connectivity index (χ0) is 83.8. The summed E-state index contributed by atoms with van der Waals surface area (Å²) in [6.07, 6.45) is 13.4. The molecule has 16 aromatic rings. The summed E-state index contributed by atoms with van der Waals surface area (Å²) in [6, 6.07) is 88.5. The van der Waals surface area contributed by atoms with Gasteiger partial charge in [-0.25, -0.2) is 22.8 Å². The van der Waals surface area contributed by atoms with E-state index in [-0.39, 0.29) is 0 Å². The van der Waals surface area contributed by atoms with E-state index in [2.05, 4.69) is 481 Å². The van der Waals surface area contributed by atoms with Crippen LogP contribution in [0.2, 0.25) is 0 Å². The standard InChI is InChI=1S/C40H43N3.C36H41N3.C33H37N3/c1-26(2)31-18-14-19-32(27(3)4)39(31)43-37-23-13-12-22-36(37)42(8)40(43)34-21-15-20-33(29(34)6)38-24-28(5)35(25-41(38)7)30-16-10-9-11-17-30;1-24(2)29-16-12-17-30(25(3)4)35(29)39-21-20-37(7)36(39)32-19-13-18-31(27(32)6)34-22-26(5)33(23-38(34)8)28-14-10-9-11-15-28;1-22(2)26-13-10-14-27(23(3)4)32(26)36-21-20-34(6)33(36)29-16-11-15-28(24(29)5)31-19-18-25-12-8-9-17-30(25)35(31)7/h9-27H,1-8H3;9-25H,1-8H3;8-23H,1-7H3/q3*+2. The van der Waals surface area contributed by atoms with Crippen molar-refractivity contribution in [1.82, 2.24) is 13.7 Å². The van der Waals surface area contributed by atoms with Crippen LogP contribution in [0.5, 0.6) is 0 Å². The first-order chi connectivity index (χ1) is 56.7. The van der Waals surface area contributed by atoms with Crippen LogP contribution in [0.1, 0.15) is 180 Å². The third-order valence-corrected chi connectivity index (χ3v) is 24.5. The molecule has 0 saturated heterocycles. The molecular formula is C109H121N9+6. The first-order valence-corrected chi connectivity index (χ1v) is 42.5. The van der Waals surface area contributed by atoms with Crippen LogP contribution in [-0.4, -0.2) is 13.7 Å². The fraction of sp³-hybridized carbons (Fsp3) is 0.266. The summed E-state index contributed by atoms with van der Waals surface area (Å²) in [7, 11) is 13.0. The number of aryl methyl sites for hydroxylation is 8. The smallest absolute Gasteiger partial charge is 0.232 e. The number of nitrogens with zero attached hydrogens (tertiary/aromatic N) is 9. The summed E-state index contributed by atoms with van der Waals surface area (Å²) in [6.45, 7) is 38.8. The molecule has 0 aliphatic carbocycles. The Balaban J connectivity index is 0.000000146. The van der Waals surface area contributed by atoms with Gasteiger partial charge in [0.1, 0.15) is 63.0 Å². The molecule has 0 saturated carbocycles. The number of hydrogen-bond acceptors (Lipinski definition) is 0. The Morgan fingerprint density at radius 1 is 0.263 bits per heavy atom. The van der Waals surface area contributed by atoms with E-state index in [0.717, 1.165) is 0 Å². The Morgan fingerprint density at radius 2 is 0.593 bits per heavy atom. The van der Waals surface area contributed by atoms with E-state index in [9.17, 15) is 0 Å². The molecule has 16 rings (SSSR count). The molecule has 118 heavy (non-hydrogen) atoms. The van der Waals surface area contributed by atoms with Gasteiger partial charge in [0, 0.05) is 90.8 Å². The van der Waals surface area contributed by atoms with Gasteiger partial charge in [0.25, 0.3) is 17.5 Å². The monoisotopic (exact) mass is 1560 g/mol. The van der Waals surface area contributed by atoms with E-state index < -0.39 is 0 Å². The van der Waals surface area contributed by atoms with Crippen molar-refractivity contribution in [3.8, 4) is 107 Å². The van der Waals surface area contributed by atoms with Gasteiger partial charge in [-0.05, 0) is 170 Å². The summed E-state index contributed by atoms with van der Waals surface area (Å²) in [5.74, 6) is 6.12. The lowest BCUT2D eigenvalue weighted by molar-refractivity contribution is -0.660. The number of benzene rings is 10. The number of hydrogen-bond donors (Lipinski definition) is 0. The third-order valence-electron chi connectivity index (χ3n) is 24.5. The van der Waals surface area contributed by atoms with E-state index in [4.69, 9.17) is 0 Å². The van der Waals surface area contributed by atoms with E-state index >= 15 is 0 Å². The van der Waals surface area contributed by atoms with E-state index in [1.165, 1.54) is 190 Å². The molecule has 6 aromatic heterocycles. The molecule has 0 fully saturated rings. The van der Waals surface area contributed by atoms with Crippen molar-refractivity contribution in [1.29, 1.82) is 0 Å². The van der Waals surface area contributed by atoms with Crippen LogP contribution < -0.4 is 27.4 Å². The van der Waals surface area contributed by atoms with Gasteiger partial charge < -0.3 is 0 Å². The highest BCUT2D eigenvalue weighted by Crippen LogP contribution is 2.43. The Labute approximate surface area is 702 Å². The average molecular weight is 1560 g/mol. The zero-order valence-electron chi connectivity index (χ0n) is 74.0. The molecule has 0 N–H and O–H groups in total. The van der Waals surface area contributed by atoms with Crippen molar-refractivity contribution < 1.29 is 27.4 Å². The Bertz CT molecular complexity index is 6310. The molecule has 0 radical (unpaired) electrons. The summed E-state index contributed by atoms with van der Waals surface area (Å²) < 4.78 is 21.1. The number of pyridine rings is 3. The molecule has 0 spiro atoms. The zero-order valence-corrected chi connectivity index (χ0v) is 74.0. The second-order valence-electron chi connectivity index (χ2n) is 34.4. The molecule has 10 aromatic carbocycles. The van der Waals surface area contributed by atoms with Crippen LogP contribution in [-0.2, 0) is 42.3 Å². The van der Waals surface area contributed by atoms with Crippen LogP contribution in [0.15, 0.2) is 280 Å². The molecular weight excluding hydrogens is 1440 g/mol. The first kappa shape index (κ1) is 82.3.